The van der Waals surface area contributed by atoms with Gasteiger partial charge in [-0.05, 0) is 54.9 Å². The first-order valence-electron chi connectivity index (χ1n) is 10.6. The summed E-state index contributed by atoms with van der Waals surface area (Å²) >= 11 is 0. The van der Waals surface area contributed by atoms with Crippen LogP contribution in [0.2, 0.25) is 0 Å². The minimum atomic E-state index is -0.957. The number of hydrogen-bond acceptors (Lipinski definition) is 2. The van der Waals surface area contributed by atoms with Gasteiger partial charge >= 0.3 is 11.9 Å². The number of unbranched alkanes of at least 4 members (excludes halogenated alkanes) is 5. The quantitative estimate of drug-likeness (QED) is 0.356. The van der Waals surface area contributed by atoms with E-state index in [0.29, 0.717) is 12.0 Å². The maximum Gasteiger partial charge on any atom is 0.335 e. The molecule has 0 aromatic heterocycles. The van der Waals surface area contributed by atoms with E-state index in [0.717, 1.165) is 68.9 Å². The van der Waals surface area contributed by atoms with E-state index in [4.69, 9.17) is 0 Å². The molecule has 0 heterocycles. The Labute approximate surface area is 164 Å². The molecule has 0 fully saturated rings. The van der Waals surface area contributed by atoms with Crippen LogP contribution in [-0.2, 0) is 6.42 Å². The summed E-state index contributed by atoms with van der Waals surface area (Å²) in [6, 6.07) is 2.98. The Bertz CT molecular complexity index is 607. The van der Waals surface area contributed by atoms with E-state index >= 15 is 0 Å². The first kappa shape index (κ1) is 23.2. The van der Waals surface area contributed by atoms with Crippen LogP contribution in [0.1, 0.15) is 123 Å². The molecule has 1 unspecified atom stereocenters. The van der Waals surface area contributed by atoms with Gasteiger partial charge in [-0.2, -0.15) is 0 Å². The summed E-state index contributed by atoms with van der Waals surface area (Å²) in [5.74, 6) is -1.79. The molecule has 0 radical (unpaired) electrons. The molecule has 27 heavy (non-hydrogen) atoms. The van der Waals surface area contributed by atoms with Crippen LogP contribution in [-0.4, -0.2) is 22.2 Å². The third-order valence-corrected chi connectivity index (χ3v) is 5.30. The highest BCUT2D eigenvalue weighted by Gasteiger charge is 2.25. The van der Waals surface area contributed by atoms with E-state index < -0.39 is 11.9 Å². The van der Waals surface area contributed by atoms with Crippen molar-refractivity contribution in [1.29, 1.82) is 0 Å². The lowest BCUT2D eigenvalue weighted by Gasteiger charge is -2.24. The largest absolute Gasteiger partial charge is 0.478 e. The molecule has 0 saturated carbocycles. The summed E-state index contributed by atoms with van der Waals surface area (Å²) in [4.78, 5) is 23.7. The zero-order valence-corrected chi connectivity index (χ0v) is 17.2. The molecular formula is C23H36O4. The standard InChI is InChI=1S/C23H36O4/c1-4-7-9-11-13-17(12-6-3)21-18(14-10-8-5-2)19(22(24)25)15-16-20(21)23(26)27/h15-17H,4-14H2,1-3H3,(H,24,25)(H,26,27). The van der Waals surface area contributed by atoms with Crippen molar-refractivity contribution in [3.8, 4) is 0 Å². The van der Waals surface area contributed by atoms with E-state index in [-0.39, 0.29) is 11.5 Å². The van der Waals surface area contributed by atoms with E-state index in [1.807, 2.05) is 0 Å². The Kier molecular flexibility index (Phi) is 10.8. The molecule has 4 heteroatoms. The Morgan fingerprint density at radius 1 is 0.778 bits per heavy atom. The van der Waals surface area contributed by atoms with Gasteiger partial charge < -0.3 is 10.2 Å². The average Bonchev–Trinajstić information content (AvgIpc) is 2.63. The van der Waals surface area contributed by atoms with Crippen molar-refractivity contribution in [2.24, 2.45) is 0 Å². The number of carbonyl (C=O) groups is 2. The molecule has 1 rings (SSSR count). The maximum absolute atomic E-state index is 11.9. The second-order valence-corrected chi connectivity index (χ2v) is 7.46. The van der Waals surface area contributed by atoms with Crippen molar-refractivity contribution in [3.63, 3.8) is 0 Å². The molecule has 152 valence electrons. The zero-order chi connectivity index (χ0) is 20.2. The van der Waals surface area contributed by atoms with Crippen molar-refractivity contribution in [1.82, 2.24) is 0 Å². The van der Waals surface area contributed by atoms with Crippen LogP contribution in [0.25, 0.3) is 0 Å². The van der Waals surface area contributed by atoms with Crippen LogP contribution in [0.5, 0.6) is 0 Å². The highest BCUT2D eigenvalue weighted by atomic mass is 16.4. The normalized spacial score (nSPS) is 12.1. The summed E-state index contributed by atoms with van der Waals surface area (Å²) < 4.78 is 0. The predicted molar refractivity (Wildman–Crippen MR) is 110 cm³/mol. The fourth-order valence-electron chi connectivity index (χ4n) is 3.94. The molecule has 2 N–H and O–H groups in total. The smallest absolute Gasteiger partial charge is 0.335 e. The molecule has 0 aliphatic carbocycles. The van der Waals surface area contributed by atoms with E-state index in [9.17, 15) is 19.8 Å². The molecule has 0 aliphatic heterocycles. The third-order valence-electron chi connectivity index (χ3n) is 5.30. The minimum Gasteiger partial charge on any atom is -0.478 e. The second kappa shape index (κ2) is 12.5. The molecule has 1 aromatic rings. The van der Waals surface area contributed by atoms with E-state index in [1.165, 1.54) is 18.6 Å². The number of benzene rings is 1. The van der Waals surface area contributed by atoms with Gasteiger partial charge in [0.15, 0.2) is 0 Å². The van der Waals surface area contributed by atoms with Crippen molar-refractivity contribution in [3.05, 3.63) is 34.4 Å². The highest BCUT2D eigenvalue weighted by molar-refractivity contribution is 5.95. The van der Waals surface area contributed by atoms with Crippen LogP contribution < -0.4 is 0 Å². The lowest BCUT2D eigenvalue weighted by atomic mass is 9.80. The Morgan fingerprint density at radius 3 is 1.93 bits per heavy atom. The first-order chi connectivity index (χ1) is 13.0. The summed E-state index contributed by atoms with van der Waals surface area (Å²) in [5, 5.41) is 19.5. The SMILES string of the molecule is CCCCCCC(CCC)c1c(C(=O)O)ccc(C(=O)O)c1CCCCC. The van der Waals surface area contributed by atoms with Crippen LogP contribution >= 0.6 is 0 Å². The van der Waals surface area contributed by atoms with Crippen LogP contribution in [0.4, 0.5) is 0 Å². The number of carboxylic acid groups (broad SMARTS) is 2. The summed E-state index contributed by atoms with van der Waals surface area (Å²) in [6.45, 7) is 6.39. The van der Waals surface area contributed by atoms with Crippen molar-refractivity contribution in [2.75, 3.05) is 0 Å². The van der Waals surface area contributed by atoms with Crippen molar-refractivity contribution in [2.45, 2.75) is 97.3 Å². The molecule has 0 amide bonds. The van der Waals surface area contributed by atoms with Gasteiger partial charge in [-0.3, -0.25) is 0 Å². The fourth-order valence-corrected chi connectivity index (χ4v) is 3.94. The van der Waals surface area contributed by atoms with Crippen LogP contribution in [0, 0.1) is 0 Å². The molecule has 0 spiro atoms. The molecule has 1 aromatic carbocycles. The lowest BCUT2D eigenvalue weighted by Crippen LogP contribution is -2.15. The Balaban J connectivity index is 3.38. The number of aromatic carboxylic acids is 2. The predicted octanol–water partition coefficient (Wildman–Crippen LogP) is 6.67. The summed E-state index contributed by atoms with van der Waals surface area (Å²) in [6.07, 6.45) is 10.9. The number of rotatable bonds is 14. The molecule has 0 bridgehead atoms. The van der Waals surface area contributed by atoms with Crippen molar-refractivity contribution < 1.29 is 19.8 Å². The minimum absolute atomic E-state index is 0.119. The van der Waals surface area contributed by atoms with Gasteiger partial charge in [-0.1, -0.05) is 65.7 Å². The number of hydrogen-bond donors (Lipinski definition) is 2. The maximum atomic E-state index is 11.9. The molecular weight excluding hydrogens is 340 g/mol. The van der Waals surface area contributed by atoms with E-state index in [1.54, 1.807) is 0 Å². The fraction of sp³-hybridized carbons (Fsp3) is 0.652. The molecule has 1 atom stereocenters. The second-order valence-electron chi connectivity index (χ2n) is 7.46. The molecule has 0 aliphatic rings. The van der Waals surface area contributed by atoms with Crippen molar-refractivity contribution >= 4 is 11.9 Å². The topological polar surface area (TPSA) is 74.6 Å². The molecule has 4 nitrogen and oxygen atoms in total. The van der Waals surface area contributed by atoms with Crippen LogP contribution in [0.15, 0.2) is 12.1 Å². The lowest BCUT2D eigenvalue weighted by molar-refractivity contribution is 0.0678. The van der Waals surface area contributed by atoms with Gasteiger partial charge in [0.05, 0.1) is 11.1 Å². The Hall–Kier alpha value is -1.84. The van der Waals surface area contributed by atoms with Crippen LogP contribution in [0.3, 0.4) is 0 Å². The summed E-state index contributed by atoms with van der Waals surface area (Å²) in [5.41, 5.74) is 2.11. The monoisotopic (exact) mass is 376 g/mol. The Morgan fingerprint density at radius 2 is 1.37 bits per heavy atom. The highest BCUT2D eigenvalue weighted by Crippen LogP contribution is 2.35. The average molecular weight is 377 g/mol. The summed E-state index contributed by atoms with van der Waals surface area (Å²) in [7, 11) is 0. The van der Waals surface area contributed by atoms with E-state index in [2.05, 4.69) is 20.8 Å². The van der Waals surface area contributed by atoms with Gasteiger partial charge in [0.2, 0.25) is 0 Å². The first-order valence-corrected chi connectivity index (χ1v) is 10.6. The number of carboxylic acids is 2. The third kappa shape index (κ3) is 7.00. The molecule has 0 saturated heterocycles. The van der Waals surface area contributed by atoms with Gasteiger partial charge in [0.25, 0.3) is 0 Å². The van der Waals surface area contributed by atoms with Gasteiger partial charge in [0, 0.05) is 0 Å². The van der Waals surface area contributed by atoms with Gasteiger partial charge in [0.1, 0.15) is 0 Å². The zero-order valence-electron chi connectivity index (χ0n) is 17.2. The van der Waals surface area contributed by atoms with Gasteiger partial charge in [-0.15, -0.1) is 0 Å². The van der Waals surface area contributed by atoms with Gasteiger partial charge in [-0.25, -0.2) is 9.59 Å².